The molecule has 4 aromatic carbocycles. The second-order valence-electron chi connectivity index (χ2n) is 27.1. The molecule has 96 heavy (non-hydrogen) atoms. The molecule has 0 amide bonds. The molecule has 12 rings (SSSR count). The fraction of sp³-hybridized carbons (Fsp3) is 0.431. The number of rotatable bonds is 14. The Labute approximate surface area is 574 Å². The number of benzene rings is 4. The van der Waals surface area contributed by atoms with Crippen LogP contribution in [0.2, 0.25) is 15.1 Å². The zero-order valence-corrected chi connectivity index (χ0v) is 60.3. The van der Waals surface area contributed by atoms with E-state index in [0.29, 0.717) is 80.5 Å². The highest BCUT2D eigenvalue weighted by Gasteiger charge is 2.41. The monoisotopic (exact) mass is 1370 g/mol. The number of carbonyl (C=O) groups is 3. The van der Waals surface area contributed by atoms with Crippen molar-refractivity contribution in [3.63, 3.8) is 0 Å². The van der Waals surface area contributed by atoms with Crippen LogP contribution in [0, 0.1) is 41.5 Å². The van der Waals surface area contributed by atoms with Gasteiger partial charge in [-0.05, 0) is 144 Å². The van der Waals surface area contributed by atoms with Gasteiger partial charge in [-0.15, -0.1) is 0 Å². The zero-order valence-electron chi connectivity index (χ0n) is 58.0. The molecule has 3 aliphatic heterocycles. The highest BCUT2D eigenvalue weighted by molar-refractivity contribution is 6.38. The van der Waals surface area contributed by atoms with Gasteiger partial charge < -0.3 is 67.1 Å². The number of carboxylic acid groups (broad SMARTS) is 1. The fourth-order valence-electron chi connectivity index (χ4n) is 13.0. The summed E-state index contributed by atoms with van der Waals surface area (Å²) in [6, 6.07) is 14.4. The second kappa shape index (κ2) is 27.4. The maximum absolute atomic E-state index is 12.9. The molecule has 5 aromatic heterocycles. The molecule has 0 unspecified atom stereocenters. The largest absolute Gasteiger partial charge is 0.494 e. The molecule has 0 fully saturated rings. The van der Waals surface area contributed by atoms with Crippen LogP contribution in [0.3, 0.4) is 0 Å². The van der Waals surface area contributed by atoms with Gasteiger partial charge in [0.25, 0.3) is 0 Å². The van der Waals surface area contributed by atoms with Crippen molar-refractivity contribution in [3.8, 4) is 22.6 Å². The molecule has 0 bridgehead atoms. The van der Waals surface area contributed by atoms with E-state index in [1.54, 1.807) is 39.0 Å². The number of ether oxygens (including phenoxy) is 7. The van der Waals surface area contributed by atoms with E-state index in [4.69, 9.17) is 68.0 Å². The lowest BCUT2D eigenvalue weighted by atomic mass is 9.90. The number of aliphatic carboxylic acids is 1. The lowest BCUT2D eigenvalue weighted by Gasteiger charge is -2.34. The first kappa shape index (κ1) is 70.6. The van der Waals surface area contributed by atoms with Crippen LogP contribution in [0.5, 0.6) is 11.5 Å². The standard InChI is InChI=1S/C29H31ClN4O4.C24H29ClN4O4.C19H25ClN2O3/c1-16-7-9-18(10-8-16)21-20-13-17(2)33-11-12-34(28-31-14-19(37-6)15-32-28)25(24(20)33)23(30)22(21)26(27(35)36)38-29(3,4)5;1-13-10-16-14(2)17(21(22(30)32-7)33-24(3,4)5)18(25)20-19(16)28(13)8-9-29(20)23-26-11-15(31-6)12-27-23;1-10-9-12-11(2)13(17(18(23)24-6)25-19(3,4)5)14(20)15-16(12)22(10)8-7-21-15/h7-10,13-15,26H,11-12H2,1-6H3,(H,35,36);10-12,21H,8-9H2,1-7H3;9,17,21H,7-8H2,1-6H3/t26-;21-;17-/m000/s1. The Balaban J connectivity index is 0.000000160. The molecule has 0 saturated carbocycles. The average molecular weight is 1370 g/mol. The first-order valence-electron chi connectivity index (χ1n) is 31.7. The molecule has 0 aliphatic carbocycles. The summed E-state index contributed by atoms with van der Waals surface area (Å²) >= 11 is 21.2. The first-order chi connectivity index (χ1) is 45.2. The summed E-state index contributed by atoms with van der Waals surface area (Å²) in [5.74, 6) is 0.0170. The third-order valence-corrected chi connectivity index (χ3v) is 18.3. The van der Waals surface area contributed by atoms with Gasteiger partial charge in [0.15, 0.2) is 29.8 Å². The fourth-order valence-corrected chi connectivity index (χ4v) is 14.2. The Morgan fingerprint density at radius 1 is 0.510 bits per heavy atom. The topological polar surface area (TPSA) is 221 Å². The molecule has 0 radical (unpaired) electrons. The number of carbonyl (C=O) groups excluding carboxylic acids is 2. The van der Waals surface area contributed by atoms with E-state index >= 15 is 0 Å². The Bertz CT molecular complexity index is 4470. The number of methoxy groups -OCH3 is 4. The summed E-state index contributed by atoms with van der Waals surface area (Å²) in [5.41, 5.74) is 13.0. The van der Waals surface area contributed by atoms with Crippen molar-refractivity contribution >= 4 is 114 Å². The van der Waals surface area contributed by atoms with Gasteiger partial charge >= 0.3 is 17.9 Å². The van der Waals surface area contributed by atoms with Crippen LogP contribution in [-0.4, -0.2) is 122 Å². The summed E-state index contributed by atoms with van der Waals surface area (Å²) in [6.45, 7) is 33.4. The number of halogens is 3. The molecular formula is C72H85Cl3N10O11. The maximum Gasteiger partial charge on any atom is 0.339 e. The average Bonchev–Trinajstić information content (AvgIpc) is 1.48. The number of nitrogens with zero attached hydrogens (tertiary/aromatic N) is 9. The van der Waals surface area contributed by atoms with Crippen molar-refractivity contribution in [2.75, 3.05) is 63.2 Å². The van der Waals surface area contributed by atoms with E-state index in [2.05, 4.69) is 77.9 Å². The van der Waals surface area contributed by atoms with Crippen molar-refractivity contribution in [3.05, 3.63) is 133 Å². The van der Waals surface area contributed by atoms with Crippen LogP contribution in [0.1, 0.15) is 131 Å². The number of nitrogens with one attached hydrogen (secondary N) is 1. The molecule has 2 N–H and O–H groups in total. The number of aromatic nitrogens is 7. The highest BCUT2D eigenvalue weighted by Crippen LogP contribution is 2.53. The van der Waals surface area contributed by atoms with Crippen LogP contribution >= 0.6 is 34.8 Å². The number of anilines is 5. The van der Waals surface area contributed by atoms with Crippen molar-refractivity contribution in [2.45, 2.75) is 159 Å². The van der Waals surface area contributed by atoms with Crippen LogP contribution in [-0.2, 0) is 57.7 Å². The predicted molar refractivity (Wildman–Crippen MR) is 377 cm³/mol. The van der Waals surface area contributed by atoms with E-state index in [1.165, 1.54) is 19.9 Å². The number of hydrogen-bond donors (Lipinski definition) is 2. The molecule has 3 atom stereocenters. The lowest BCUT2D eigenvalue weighted by Crippen LogP contribution is -2.32. The normalized spacial score (nSPS) is 14.5. The molecule has 21 nitrogen and oxygen atoms in total. The van der Waals surface area contributed by atoms with Gasteiger partial charge in [0.2, 0.25) is 11.9 Å². The van der Waals surface area contributed by atoms with Gasteiger partial charge in [-0.3, -0.25) is 0 Å². The molecule has 3 aliphatic rings. The van der Waals surface area contributed by atoms with E-state index in [0.717, 1.165) is 103 Å². The van der Waals surface area contributed by atoms with Crippen molar-refractivity contribution in [2.24, 2.45) is 0 Å². The summed E-state index contributed by atoms with van der Waals surface area (Å²) < 4.78 is 45.7. The Morgan fingerprint density at radius 2 is 0.896 bits per heavy atom. The minimum atomic E-state index is -1.30. The second-order valence-corrected chi connectivity index (χ2v) is 28.3. The molecular weight excluding hydrogens is 1290 g/mol. The van der Waals surface area contributed by atoms with Crippen molar-refractivity contribution in [1.29, 1.82) is 0 Å². The molecule has 8 heterocycles. The van der Waals surface area contributed by atoms with E-state index < -0.39 is 53.0 Å². The smallest absolute Gasteiger partial charge is 0.339 e. The zero-order chi connectivity index (χ0) is 69.9. The van der Waals surface area contributed by atoms with Crippen molar-refractivity contribution < 1.29 is 52.6 Å². The summed E-state index contributed by atoms with van der Waals surface area (Å²) in [6.07, 6.45) is 3.32. The quantitative estimate of drug-likeness (QED) is 0.0966. The number of esters is 2. The van der Waals surface area contributed by atoms with E-state index in [9.17, 15) is 19.5 Å². The van der Waals surface area contributed by atoms with E-state index in [1.807, 2.05) is 117 Å². The molecule has 9 aromatic rings. The van der Waals surface area contributed by atoms with Crippen LogP contribution in [0.15, 0.2) is 67.3 Å². The van der Waals surface area contributed by atoms with Gasteiger partial charge in [-0.1, -0.05) is 64.6 Å². The summed E-state index contributed by atoms with van der Waals surface area (Å²) in [4.78, 5) is 60.1. The minimum Gasteiger partial charge on any atom is -0.494 e. The number of hydrogen-bond acceptors (Lipinski definition) is 17. The van der Waals surface area contributed by atoms with Gasteiger partial charge in [0.05, 0.1) is 119 Å². The maximum atomic E-state index is 12.9. The van der Waals surface area contributed by atoms with Crippen LogP contribution < -0.4 is 24.6 Å². The summed E-state index contributed by atoms with van der Waals surface area (Å²) in [7, 11) is 5.85. The summed E-state index contributed by atoms with van der Waals surface area (Å²) in [5, 5.41) is 18.1. The highest BCUT2D eigenvalue weighted by atomic mass is 35.5. The Kier molecular flexibility index (Phi) is 20.1. The third-order valence-electron chi connectivity index (χ3n) is 17.1. The Hall–Kier alpha value is -8.18. The lowest BCUT2D eigenvalue weighted by molar-refractivity contribution is -0.164. The molecule has 510 valence electrons. The van der Waals surface area contributed by atoms with Gasteiger partial charge in [-0.2, -0.15) is 0 Å². The Morgan fingerprint density at radius 3 is 1.31 bits per heavy atom. The van der Waals surface area contributed by atoms with Crippen LogP contribution in [0.25, 0.3) is 43.8 Å². The van der Waals surface area contributed by atoms with Gasteiger partial charge in [0.1, 0.15) is 0 Å². The molecule has 0 spiro atoms. The number of aryl methyl sites for hydroxylation is 6. The molecule has 0 saturated heterocycles. The minimum absolute atomic E-state index is 0.309. The molecule has 24 heteroatoms. The first-order valence-corrected chi connectivity index (χ1v) is 32.8. The van der Waals surface area contributed by atoms with E-state index in [-0.39, 0.29) is 0 Å². The van der Waals surface area contributed by atoms with Crippen molar-refractivity contribution in [1.82, 2.24) is 33.6 Å². The SMILES string of the molecule is COC(=O)[C@@H](OC(C)(C)C)c1c(Cl)c2c3c(cc(C)n3CCN2)c1C.COC(=O)[C@@H](OC(C)(C)C)c1c(Cl)c2c3c(cc(C)n3CCN2c2ncc(OC)cn2)c1C.COc1cnc(N2CCn3c(C)cc4c(-c5ccc(C)cc5)c([C@H](OC(C)(C)C)C(=O)O)c(Cl)c2c43)nc1. The van der Waals surface area contributed by atoms with Gasteiger partial charge in [-0.25, -0.2) is 34.3 Å². The number of carboxylic acids is 1. The van der Waals surface area contributed by atoms with Gasteiger partial charge in [0, 0.05) is 89.2 Å². The third kappa shape index (κ3) is 13.6. The van der Waals surface area contributed by atoms with Crippen LogP contribution in [0.4, 0.5) is 29.0 Å². The predicted octanol–water partition coefficient (Wildman–Crippen LogP) is 15.7.